The van der Waals surface area contributed by atoms with E-state index in [9.17, 15) is 4.79 Å². The van der Waals surface area contributed by atoms with Gasteiger partial charge in [0.25, 0.3) is 0 Å². The van der Waals surface area contributed by atoms with Crippen molar-refractivity contribution in [1.29, 1.82) is 0 Å². The van der Waals surface area contributed by atoms with E-state index in [4.69, 9.17) is 16.3 Å². The molecule has 3 nitrogen and oxygen atoms in total. The summed E-state index contributed by atoms with van der Waals surface area (Å²) in [7, 11) is 0. The van der Waals surface area contributed by atoms with Crippen LogP contribution in [0.1, 0.15) is 12.5 Å². The summed E-state index contributed by atoms with van der Waals surface area (Å²) in [4.78, 5) is 13.7. The largest absolute Gasteiger partial charge is 0.449 e. The topological polar surface area (TPSA) is 29.5 Å². The summed E-state index contributed by atoms with van der Waals surface area (Å²) >= 11 is 6.18. The van der Waals surface area contributed by atoms with Crippen molar-refractivity contribution in [1.82, 2.24) is 0 Å². The third-order valence-corrected chi connectivity index (χ3v) is 3.13. The van der Waals surface area contributed by atoms with Gasteiger partial charge in [-0.2, -0.15) is 0 Å². The van der Waals surface area contributed by atoms with Crippen molar-refractivity contribution in [2.45, 2.75) is 13.5 Å². The molecule has 20 heavy (non-hydrogen) atoms. The molecule has 0 spiro atoms. The zero-order chi connectivity index (χ0) is 14.4. The molecule has 0 aliphatic carbocycles. The van der Waals surface area contributed by atoms with Gasteiger partial charge in [-0.3, -0.25) is 4.90 Å². The molecule has 2 aromatic rings. The summed E-state index contributed by atoms with van der Waals surface area (Å²) in [6, 6.07) is 17.0. The average molecular weight is 290 g/mol. The number of carbonyl (C=O) groups is 1. The standard InChI is InChI=1S/C16H16ClNO2/c1-2-20-16(19)18(12-13-8-4-3-5-9-13)15-11-7-6-10-14(15)17/h3-11H,2,12H2,1H3. The molecule has 2 aromatic carbocycles. The zero-order valence-corrected chi connectivity index (χ0v) is 12.0. The zero-order valence-electron chi connectivity index (χ0n) is 11.3. The Morgan fingerprint density at radius 2 is 1.75 bits per heavy atom. The van der Waals surface area contributed by atoms with Gasteiger partial charge in [0, 0.05) is 0 Å². The number of ether oxygens (including phenoxy) is 1. The molecular weight excluding hydrogens is 274 g/mol. The number of para-hydroxylation sites is 1. The molecule has 0 radical (unpaired) electrons. The quantitative estimate of drug-likeness (QED) is 0.829. The van der Waals surface area contributed by atoms with Crippen molar-refractivity contribution in [3.63, 3.8) is 0 Å². The molecule has 0 aliphatic heterocycles. The number of carbonyl (C=O) groups excluding carboxylic acids is 1. The van der Waals surface area contributed by atoms with Crippen LogP contribution in [0.3, 0.4) is 0 Å². The average Bonchev–Trinajstić information content (AvgIpc) is 2.47. The normalized spacial score (nSPS) is 10.1. The lowest BCUT2D eigenvalue weighted by Crippen LogP contribution is -2.31. The van der Waals surface area contributed by atoms with Crippen LogP contribution in [-0.4, -0.2) is 12.7 Å². The second-order valence-electron chi connectivity index (χ2n) is 4.22. The molecular formula is C16H16ClNO2. The van der Waals surface area contributed by atoms with Gasteiger partial charge in [0.15, 0.2) is 0 Å². The SMILES string of the molecule is CCOC(=O)N(Cc1ccccc1)c1ccccc1Cl. The molecule has 0 saturated carbocycles. The van der Waals surface area contributed by atoms with E-state index in [2.05, 4.69) is 0 Å². The highest BCUT2D eigenvalue weighted by atomic mass is 35.5. The van der Waals surface area contributed by atoms with Crippen molar-refractivity contribution < 1.29 is 9.53 Å². The molecule has 0 fully saturated rings. The van der Waals surface area contributed by atoms with Crippen molar-refractivity contribution in [2.24, 2.45) is 0 Å². The van der Waals surface area contributed by atoms with Gasteiger partial charge in [0.1, 0.15) is 0 Å². The van der Waals surface area contributed by atoms with Crippen LogP contribution in [0.2, 0.25) is 5.02 Å². The lowest BCUT2D eigenvalue weighted by atomic mass is 10.2. The van der Waals surface area contributed by atoms with Gasteiger partial charge in [-0.1, -0.05) is 54.1 Å². The minimum absolute atomic E-state index is 0.328. The number of anilines is 1. The first kappa shape index (κ1) is 14.4. The Balaban J connectivity index is 2.30. The van der Waals surface area contributed by atoms with Crippen molar-refractivity contribution in [2.75, 3.05) is 11.5 Å². The van der Waals surface area contributed by atoms with Gasteiger partial charge in [-0.15, -0.1) is 0 Å². The van der Waals surface area contributed by atoms with Crippen LogP contribution >= 0.6 is 11.6 Å². The second-order valence-corrected chi connectivity index (χ2v) is 4.63. The lowest BCUT2D eigenvalue weighted by Gasteiger charge is -2.23. The summed E-state index contributed by atoms with van der Waals surface area (Å²) in [6.07, 6.45) is -0.399. The molecule has 1 amide bonds. The van der Waals surface area contributed by atoms with Gasteiger partial charge in [0.2, 0.25) is 0 Å². The number of nitrogens with zero attached hydrogens (tertiary/aromatic N) is 1. The van der Waals surface area contributed by atoms with Crippen LogP contribution in [0, 0.1) is 0 Å². The fourth-order valence-electron chi connectivity index (χ4n) is 1.89. The fourth-order valence-corrected chi connectivity index (χ4v) is 2.12. The summed E-state index contributed by atoms with van der Waals surface area (Å²) < 4.78 is 5.11. The first-order chi connectivity index (χ1) is 9.72. The van der Waals surface area contributed by atoms with E-state index in [1.165, 1.54) is 0 Å². The molecule has 0 unspecified atom stereocenters. The minimum atomic E-state index is -0.399. The molecule has 4 heteroatoms. The Kier molecular flexibility index (Phi) is 5.02. The van der Waals surface area contributed by atoms with E-state index in [1.54, 1.807) is 17.9 Å². The van der Waals surface area contributed by atoms with Crippen LogP contribution in [0.5, 0.6) is 0 Å². The van der Waals surface area contributed by atoms with Crippen molar-refractivity contribution in [3.05, 3.63) is 65.2 Å². The van der Waals surface area contributed by atoms with Crippen LogP contribution in [-0.2, 0) is 11.3 Å². The molecule has 0 atom stereocenters. The van der Waals surface area contributed by atoms with Gasteiger partial charge in [-0.05, 0) is 24.6 Å². The maximum atomic E-state index is 12.1. The highest BCUT2D eigenvalue weighted by molar-refractivity contribution is 6.33. The van der Waals surface area contributed by atoms with Crippen molar-refractivity contribution >= 4 is 23.4 Å². The van der Waals surface area contributed by atoms with Crippen LogP contribution in [0.15, 0.2) is 54.6 Å². The van der Waals surface area contributed by atoms with E-state index in [0.717, 1.165) is 5.56 Å². The fraction of sp³-hybridized carbons (Fsp3) is 0.188. The lowest BCUT2D eigenvalue weighted by molar-refractivity contribution is 0.159. The molecule has 0 N–H and O–H groups in total. The maximum absolute atomic E-state index is 12.1. The monoisotopic (exact) mass is 289 g/mol. The Morgan fingerprint density at radius 1 is 1.10 bits per heavy atom. The van der Waals surface area contributed by atoms with Crippen LogP contribution < -0.4 is 4.90 Å². The first-order valence-electron chi connectivity index (χ1n) is 6.45. The van der Waals surface area contributed by atoms with Gasteiger partial charge < -0.3 is 4.74 Å². The molecule has 0 bridgehead atoms. The Bertz CT molecular complexity index is 572. The second kappa shape index (κ2) is 6.96. The van der Waals surface area contributed by atoms with Gasteiger partial charge in [0.05, 0.1) is 23.9 Å². The van der Waals surface area contributed by atoms with Gasteiger partial charge >= 0.3 is 6.09 Å². The first-order valence-corrected chi connectivity index (χ1v) is 6.83. The number of benzene rings is 2. The summed E-state index contributed by atoms with van der Waals surface area (Å²) in [5, 5.41) is 0.525. The maximum Gasteiger partial charge on any atom is 0.414 e. The van der Waals surface area contributed by atoms with Crippen molar-refractivity contribution in [3.8, 4) is 0 Å². The third kappa shape index (κ3) is 3.52. The minimum Gasteiger partial charge on any atom is -0.449 e. The van der Waals surface area contributed by atoms with E-state index in [-0.39, 0.29) is 0 Å². The Labute approximate surface area is 123 Å². The Hall–Kier alpha value is -2.00. The molecule has 0 saturated heterocycles. The number of hydrogen-bond donors (Lipinski definition) is 0. The summed E-state index contributed by atoms with van der Waals surface area (Å²) in [5.74, 6) is 0. The highest BCUT2D eigenvalue weighted by Gasteiger charge is 2.19. The molecule has 0 aromatic heterocycles. The number of amides is 1. The predicted octanol–water partition coefficient (Wildman–Crippen LogP) is 4.50. The number of halogens is 1. The van der Waals surface area contributed by atoms with E-state index in [0.29, 0.717) is 23.9 Å². The van der Waals surface area contributed by atoms with E-state index in [1.807, 2.05) is 48.5 Å². The van der Waals surface area contributed by atoms with Crippen LogP contribution in [0.25, 0.3) is 0 Å². The van der Waals surface area contributed by atoms with Gasteiger partial charge in [-0.25, -0.2) is 4.79 Å². The molecule has 2 rings (SSSR count). The molecule has 104 valence electrons. The summed E-state index contributed by atoms with van der Waals surface area (Å²) in [6.45, 7) is 2.53. The Morgan fingerprint density at radius 3 is 2.40 bits per heavy atom. The van der Waals surface area contributed by atoms with Crippen LogP contribution in [0.4, 0.5) is 10.5 Å². The van der Waals surface area contributed by atoms with E-state index < -0.39 is 6.09 Å². The van der Waals surface area contributed by atoms with E-state index >= 15 is 0 Å². The summed E-state index contributed by atoms with van der Waals surface area (Å²) in [5.41, 5.74) is 1.66. The smallest absolute Gasteiger partial charge is 0.414 e. The highest BCUT2D eigenvalue weighted by Crippen LogP contribution is 2.27. The molecule has 0 heterocycles. The third-order valence-electron chi connectivity index (χ3n) is 2.81. The predicted molar refractivity (Wildman–Crippen MR) is 81.1 cm³/mol. The molecule has 0 aliphatic rings. The number of hydrogen-bond acceptors (Lipinski definition) is 2. The number of rotatable bonds is 4.